The number of halogens is 1. The van der Waals surface area contributed by atoms with Gasteiger partial charge in [0.25, 0.3) is 5.91 Å². The largest absolute Gasteiger partial charge is 0.497 e. The molecule has 1 aromatic carbocycles. The number of nitrogens with zero attached hydrogens (tertiary/aromatic N) is 2. The number of aromatic amines is 1. The Labute approximate surface area is 153 Å². The van der Waals surface area contributed by atoms with E-state index in [1.807, 2.05) is 37.3 Å². The van der Waals surface area contributed by atoms with E-state index >= 15 is 0 Å². The monoisotopic (exact) mass is 374 g/mol. The van der Waals surface area contributed by atoms with Gasteiger partial charge in [-0.25, -0.2) is 5.43 Å². The number of carbonyl (C=O) groups is 1. The number of hydrazone groups is 1. The van der Waals surface area contributed by atoms with Crippen molar-refractivity contribution in [1.82, 2.24) is 15.6 Å². The van der Waals surface area contributed by atoms with Gasteiger partial charge in [0.15, 0.2) is 5.69 Å². The van der Waals surface area contributed by atoms with E-state index in [0.717, 1.165) is 21.9 Å². The number of rotatable bonds is 5. The van der Waals surface area contributed by atoms with Gasteiger partial charge in [0.05, 0.1) is 27.7 Å². The van der Waals surface area contributed by atoms with Gasteiger partial charge < -0.3 is 4.74 Å². The van der Waals surface area contributed by atoms with E-state index < -0.39 is 5.91 Å². The van der Waals surface area contributed by atoms with Crippen LogP contribution in [0.15, 0.2) is 47.6 Å². The molecule has 0 fully saturated rings. The normalized spacial score (nSPS) is 11.4. The fraction of sp³-hybridized carbons (Fsp3) is 0.118. The van der Waals surface area contributed by atoms with Crippen LogP contribution in [-0.4, -0.2) is 28.9 Å². The van der Waals surface area contributed by atoms with Crippen LogP contribution in [0.2, 0.25) is 4.34 Å². The van der Waals surface area contributed by atoms with Crippen molar-refractivity contribution < 1.29 is 9.53 Å². The molecule has 2 N–H and O–H groups in total. The van der Waals surface area contributed by atoms with Gasteiger partial charge in [-0.2, -0.15) is 10.2 Å². The SMILES string of the molecule is COc1ccc(/C(C)=N/NC(=O)c2cc(-c3ccc(Cl)s3)[nH]n2)cc1. The molecule has 0 spiro atoms. The number of methoxy groups -OCH3 is 1. The highest BCUT2D eigenvalue weighted by Crippen LogP contribution is 2.29. The summed E-state index contributed by atoms with van der Waals surface area (Å²) in [5.41, 5.74) is 5.06. The highest BCUT2D eigenvalue weighted by atomic mass is 35.5. The van der Waals surface area contributed by atoms with E-state index in [0.29, 0.717) is 10.0 Å². The summed E-state index contributed by atoms with van der Waals surface area (Å²) in [6.45, 7) is 1.81. The smallest absolute Gasteiger partial charge is 0.291 e. The van der Waals surface area contributed by atoms with Gasteiger partial charge in [-0.05, 0) is 55.0 Å². The summed E-state index contributed by atoms with van der Waals surface area (Å²) in [6.07, 6.45) is 0. The van der Waals surface area contributed by atoms with Crippen molar-refractivity contribution in [2.24, 2.45) is 5.10 Å². The molecule has 2 heterocycles. The number of ether oxygens (including phenoxy) is 1. The summed E-state index contributed by atoms with van der Waals surface area (Å²) < 4.78 is 5.79. The first-order valence-corrected chi connectivity index (χ1v) is 8.56. The number of aromatic nitrogens is 2. The van der Waals surface area contributed by atoms with Crippen LogP contribution in [0, 0.1) is 0 Å². The fourth-order valence-corrected chi connectivity index (χ4v) is 3.12. The average molecular weight is 375 g/mol. The Morgan fingerprint density at radius 2 is 2.04 bits per heavy atom. The number of H-pyrrole nitrogens is 1. The molecule has 0 aliphatic heterocycles. The molecule has 2 aromatic heterocycles. The molecule has 0 atom stereocenters. The Balaban J connectivity index is 1.68. The molecule has 0 radical (unpaired) electrons. The number of thiophene rings is 1. The average Bonchev–Trinajstić information content (AvgIpc) is 3.28. The van der Waals surface area contributed by atoms with Gasteiger partial charge in [-0.15, -0.1) is 11.3 Å². The molecule has 1 amide bonds. The van der Waals surface area contributed by atoms with Crippen molar-refractivity contribution in [2.75, 3.05) is 7.11 Å². The predicted octanol–water partition coefficient (Wildman–Crippen LogP) is 3.95. The summed E-state index contributed by atoms with van der Waals surface area (Å²) in [5, 5.41) is 11.0. The van der Waals surface area contributed by atoms with Crippen molar-refractivity contribution in [3.8, 4) is 16.3 Å². The molecule has 0 unspecified atom stereocenters. The van der Waals surface area contributed by atoms with E-state index in [2.05, 4.69) is 20.7 Å². The minimum Gasteiger partial charge on any atom is -0.497 e. The van der Waals surface area contributed by atoms with Gasteiger partial charge in [-0.1, -0.05) is 11.6 Å². The molecule has 3 aromatic rings. The number of amides is 1. The Kier molecular flexibility index (Phi) is 5.16. The third kappa shape index (κ3) is 4.07. The second-order valence-corrected chi connectivity index (χ2v) is 6.85. The molecule has 0 aliphatic carbocycles. The Morgan fingerprint density at radius 3 is 2.68 bits per heavy atom. The Bertz CT molecular complexity index is 915. The molecule has 128 valence electrons. The lowest BCUT2D eigenvalue weighted by Crippen LogP contribution is -2.19. The number of hydrogen-bond acceptors (Lipinski definition) is 5. The molecule has 6 nitrogen and oxygen atoms in total. The zero-order valence-corrected chi connectivity index (χ0v) is 15.1. The minimum atomic E-state index is -0.391. The van der Waals surface area contributed by atoms with Crippen LogP contribution in [0.5, 0.6) is 5.75 Å². The van der Waals surface area contributed by atoms with Crippen LogP contribution < -0.4 is 10.2 Å². The van der Waals surface area contributed by atoms with Crippen molar-refractivity contribution in [1.29, 1.82) is 0 Å². The van der Waals surface area contributed by atoms with Gasteiger partial charge in [0, 0.05) is 0 Å². The summed E-state index contributed by atoms with van der Waals surface area (Å²) >= 11 is 7.33. The van der Waals surface area contributed by atoms with E-state index in [1.54, 1.807) is 19.2 Å². The second kappa shape index (κ2) is 7.50. The summed E-state index contributed by atoms with van der Waals surface area (Å²) in [6, 6.07) is 12.7. The fourth-order valence-electron chi connectivity index (χ4n) is 2.11. The van der Waals surface area contributed by atoms with Crippen molar-refractivity contribution >= 4 is 34.6 Å². The first kappa shape index (κ1) is 17.2. The van der Waals surface area contributed by atoms with Crippen LogP contribution in [0.3, 0.4) is 0 Å². The number of carbonyl (C=O) groups excluding carboxylic acids is 1. The maximum atomic E-state index is 12.2. The molecule has 0 bridgehead atoms. The van der Waals surface area contributed by atoms with Crippen LogP contribution in [0.25, 0.3) is 10.6 Å². The highest BCUT2D eigenvalue weighted by Gasteiger charge is 2.12. The predicted molar refractivity (Wildman–Crippen MR) is 99.6 cm³/mol. The van der Waals surface area contributed by atoms with Gasteiger partial charge in [0.1, 0.15) is 5.75 Å². The molecule has 0 saturated carbocycles. The van der Waals surface area contributed by atoms with Crippen LogP contribution in [0.1, 0.15) is 23.0 Å². The molecule has 25 heavy (non-hydrogen) atoms. The lowest BCUT2D eigenvalue weighted by Gasteiger charge is -2.03. The second-order valence-electron chi connectivity index (χ2n) is 5.14. The van der Waals surface area contributed by atoms with E-state index in [-0.39, 0.29) is 5.69 Å². The van der Waals surface area contributed by atoms with E-state index in [1.165, 1.54) is 11.3 Å². The summed E-state index contributed by atoms with van der Waals surface area (Å²) in [5.74, 6) is 0.372. The first-order chi connectivity index (χ1) is 12.1. The molecule has 8 heteroatoms. The summed E-state index contributed by atoms with van der Waals surface area (Å²) in [7, 11) is 1.61. The number of nitrogens with one attached hydrogen (secondary N) is 2. The third-order valence-corrected chi connectivity index (χ3v) is 4.75. The number of hydrogen-bond donors (Lipinski definition) is 2. The Hall–Kier alpha value is -2.64. The molecule has 0 saturated heterocycles. The Morgan fingerprint density at radius 1 is 1.28 bits per heavy atom. The highest BCUT2D eigenvalue weighted by molar-refractivity contribution is 7.19. The van der Waals surface area contributed by atoms with Crippen molar-refractivity contribution in [2.45, 2.75) is 6.92 Å². The molecular weight excluding hydrogens is 360 g/mol. The lowest BCUT2D eigenvalue weighted by molar-refractivity contribution is 0.0950. The topological polar surface area (TPSA) is 79.4 Å². The zero-order valence-electron chi connectivity index (χ0n) is 13.5. The third-order valence-electron chi connectivity index (χ3n) is 3.48. The molecule has 0 aliphatic rings. The van der Waals surface area contributed by atoms with Gasteiger partial charge in [-0.3, -0.25) is 9.89 Å². The van der Waals surface area contributed by atoms with Gasteiger partial charge in [0.2, 0.25) is 0 Å². The van der Waals surface area contributed by atoms with Crippen LogP contribution >= 0.6 is 22.9 Å². The number of benzene rings is 1. The van der Waals surface area contributed by atoms with E-state index in [9.17, 15) is 4.79 Å². The standard InChI is InChI=1S/C17H15ClN4O2S/c1-10(11-3-5-12(24-2)6-4-11)19-22-17(23)14-9-13(20-21-14)15-7-8-16(18)25-15/h3-9H,1-2H3,(H,20,21)(H,22,23)/b19-10+. The van der Waals surface area contributed by atoms with Gasteiger partial charge >= 0.3 is 0 Å². The van der Waals surface area contributed by atoms with E-state index in [4.69, 9.17) is 16.3 Å². The maximum absolute atomic E-state index is 12.2. The quantitative estimate of drug-likeness (QED) is 0.524. The zero-order chi connectivity index (χ0) is 17.8. The lowest BCUT2D eigenvalue weighted by atomic mass is 10.1. The van der Waals surface area contributed by atoms with Crippen LogP contribution in [0.4, 0.5) is 0 Å². The van der Waals surface area contributed by atoms with Crippen LogP contribution in [-0.2, 0) is 0 Å². The first-order valence-electron chi connectivity index (χ1n) is 7.37. The van der Waals surface area contributed by atoms with Crippen molar-refractivity contribution in [3.63, 3.8) is 0 Å². The maximum Gasteiger partial charge on any atom is 0.291 e. The van der Waals surface area contributed by atoms with Crippen molar-refractivity contribution in [3.05, 3.63) is 58.1 Å². The molecule has 3 rings (SSSR count). The molecular formula is C17H15ClN4O2S. The minimum absolute atomic E-state index is 0.255. The summed E-state index contributed by atoms with van der Waals surface area (Å²) in [4.78, 5) is 13.1.